The van der Waals surface area contributed by atoms with Gasteiger partial charge in [-0.1, -0.05) is 12.8 Å². The van der Waals surface area contributed by atoms with E-state index in [1.165, 1.54) is 37.6 Å². The number of nitrogens with one attached hydrogen (secondary N) is 1. The summed E-state index contributed by atoms with van der Waals surface area (Å²) in [5.41, 5.74) is 0. The first-order valence-corrected chi connectivity index (χ1v) is 5.93. The summed E-state index contributed by atoms with van der Waals surface area (Å²) in [6.45, 7) is 1.23. The van der Waals surface area contributed by atoms with Crippen LogP contribution in [-0.2, 0) is 0 Å². The van der Waals surface area contributed by atoms with Gasteiger partial charge in [0, 0.05) is 13.1 Å². The summed E-state index contributed by atoms with van der Waals surface area (Å²) in [7, 11) is 1.50. The molecule has 16 heavy (non-hydrogen) atoms. The van der Waals surface area contributed by atoms with Gasteiger partial charge < -0.3 is 5.32 Å². The monoisotopic (exact) mass is 238 g/mol. The lowest BCUT2D eigenvalue weighted by Gasteiger charge is -2.19. The molecule has 0 bridgehead atoms. The molecule has 0 atom stereocenters. The van der Waals surface area contributed by atoms with Crippen molar-refractivity contribution in [2.45, 2.75) is 31.9 Å². The van der Waals surface area contributed by atoms with Crippen LogP contribution in [0, 0.1) is 5.92 Å². The Morgan fingerprint density at radius 1 is 1.25 bits per heavy atom. The predicted octanol–water partition coefficient (Wildman–Crippen LogP) is 2.26. The number of hydrogen-bond donors (Lipinski definition) is 1. The summed E-state index contributed by atoms with van der Waals surface area (Å²) in [4.78, 5) is 1.31. The van der Waals surface area contributed by atoms with Crippen molar-refractivity contribution < 1.29 is 13.2 Å². The van der Waals surface area contributed by atoms with E-state index >= 15 is 0 Å². The minimum absolute atomic E-state index is 0.451. The highest BCUT2D eigenvalue weighted by Gasteiger charge is 2.28. The molecule has 1 aliphatic rings. The molecule has 2 nitrogen and oxygen atoms in total. The molecule has 0 radical (unpaired) electrons. The van der Waals surface area contributed by atoms with Gasteiger partial charge in [0.2, 0.25) is 0 Å². The van der Waals surface area contributed by atoms with Gasteiger partial charge in [0.05, 0.1) is 6.54 Å². The van der Waals surface area contributed by atoms with E-state index in [-0.39, 0.29) is 0 Å². The molecule has 0 heterocycles. The van der Waals surface area contributed by atoms with Crippen LogP contribution in [-0.4, -0.2) is 44.3 Å². The average molecular weight is 238 g/mol. The minimum atomic E-state index is -4.08. The molecule has 0 spiro atoms. The van der Waals surface area contributed by atoms with Crippen molar-refractivity contribution in [2.75, 3.05) is 33.2 Å². The summed E-state index contributed by atoms with van der Waals surface area (Å²) in [6.07, 6.45) is 1.07. The smallest absolute Gasteiger partial charge is 0.315 e. The van der Waals surface area contributed by atoms with Crippen molar-refractivity contribution in [3.05, 3.63) is 0 Å². The topological polar surface area (TPSA) is 15.3 Å². The zero-order chi connectivity index (χ0) is 12.0. The van der Waals surface area contributed by atoms with E-state index in [0.29, 0.717) is 13.1 Å². The third kappa shape index (κ3) is 6.33. The fourth-order valence-corrected chi connectivity index (χ4v) is 2.18. The van der Waals surface area contributed by atoms with Gasteiger partial charge in [0.15, 0.2) is 0 Å². The number of nitrogens with zero attached hydrogens (tertiary/aromatic N) is 1. The Kier molecular flexibility index (Phi) is 5.55. The van der Waals surface area contributed by atoms with Gasteiger partial charge >= 0.3 is 6.18 Å². The summed E-state index contributed by atoms with van der Waals surface area (Å²) < 4.78 is 36.0. The van der Waals surface area contributed by atoms with E-state index in [1.54, 1.807) is 0 Å². The maximum Gasteiger partial charge on any atom is 0.401 e. The Morgan fingerprint density at radius 2 is 1.88 bits per heavy atom. The third-order valence-corrected chi connectivity index (χ3v) is 3.03. The maximum absolute atomic E-state index is 12.0. The van der Waals surface area contributed by atoms with E-state index in [1.807, 2.05) is 0 Å². The first-order valence-electron chi connectivity index (χ1n) is 5.93. The Bertz CT molecular complexity index is 188. The molecule has 1 fully saturated rings. The van der Waals surface area contributed by atoms with Gasteiger partial charge in [-0.25, -0.2) is 0 Å². The highest BCUT2D eigenvalue weighted by Crippen LogP contribution is 2.23. The SMILES string of the molecule is CN(CCNCC1CCCC1)CC(F)(F)F. The predicted molar refractivity (Wildman–Crippen MR) is 58.4 cm³/mol. The highest BCUT2D eigenvalue weighted by molar-refractivity contribution is 4.70. The zero-order valence-corrected chi connectivity index (χ0v) is 9.82. The molecule has 5 heteroatoms. The molecule has 96 valence electrons. The van der Waals surface area contributed by atoms with Crippen molar-refractivity contribution in [1.82, 2.24) is 10.2 Å². The van der Waals surface area contributed by atoms with Crippen molar-refractivity contribution in [3.8, 4) is 0 Å². The van der Waals surface area contributed by atoms with E-state index in [9.17, 15) is 13.2 Å². The summed E-state index contributed by atoms with van der Waals surface area (Å²) in [5.74, 6) is 0.743. The van der Waals surface area contributed by atoms with Crippen LogP contribution in [0.15, 0.2) is 0 Å². The second-order valence-corrected chi connectivity index (χ2v) is 4.71. The zero-order valence-electron chi connectivity index (χ0n) is 9.82. The first-order chi connectivity index (χ1) is 7.47. The molecule has 0 aromatic carbocycles. The fourth-order valence-electron chi connectivity index (χ4n) is 2.18. The van der Waals surface area contributed by atoms with Crippen LogP contribution in [0.4, 0.5) is 13.2 Å². The van der Waals surface area contributed by atoms with Crippen LogP contribution in [0.3, 0.4) is 0 Å². The largest absolute Gasteiger partial charge is 0.401 e. The van der Waals surface area contributed by atoms with E-state index in [4.69, 9.17) is 0 Å². The van der Waals surface area contributed by atoms with E-state index < -0.39 is 12.7 Å². The quantitative estimate of drug-likeness (QED) is 0.714. The lowest BCUT2D eigenvalue weighted by Crippen LogP contribution is -2.36. The van der Waals surface area contributed by atoms with Gasteiger partial charge in [0.25, 0.3) is 0 Å². The normalized spacial score (nSPS) is 18.6. The average Bonchev–Trinajstić information content (AvgIpc) is 2.62. The fraction of sp³-hybridized carbons (Fsp3) is 1.00. The molecule has 0 unspecified atom stereocenters. The van der Waals surface area contributed by atoms with Crippen molar-refractivity contribution in [1.29, 1.82) is 0 Å². The molecule has 0 aliphatic heterocycles. The van der Waals surface area contributed by atoms with Gasteiger partial charge in [-0.15, -0.1) is 0 Å². The molecule has 0 aromatic heterocycles. The lowest BCUT2D eigenvalue weighted by molar-refractivity contribution is -0.142. The molecular weight excluding hydrogens is 217 g/mol. The van der Waals surface area contributed by atoms with Crippen molar-refractivity contribution >= 4 is 0 Å². The Balaban J connectivity index is 1.97. The molecular formula is C11H21F3N2. The maximum atomic E-state index is 12.0. The summed E-state index contributed by atoms with van der Waals surface area (Å²) in [6, 6.07) is 0. The molecule has 0 saturated heterocycles. The van der Waals surface area contributed by atoms with Crippen LogP contribution < -0.4 is 5.32 Å². The number of likely N-dealkylation sites (N-methyl/N-ethyl adjacent to an activating group) is 1. The second-order valence-electron chi connectivity index (χ2n) is 4.71. The van der Waals surface area contributed by atoms with Crippen molar-refractivity contribution in [2.24, 2.45) is 5.92 Å². The van der Waals surface area contributed by atoms with Gasteiger partial charge in [0.1, 0.15) is 0 Å². The standard InChI is InChI=1S/C11H21F3N2/c1-16(9-11(12,13)14)7-6-15-8-10-4-2-3-5-10/h10,15H,2-9H2,1H3. The van der Waals surface area contributed by atoms with Crippen LogP contribution in [0.25, 0.3) is 0 Å². The Labute approximate surface area is 95.2 Å². The van der Waals surface area contributed by atoms with Gasteiger partial charge in [-0.3, -0.25) is 4.90 Å². The Hall–Kier alpha value is -0.290. The van der Waals surface area contributed by atoms with Crippen LogP contribution in [0.5, 0.6) is 0 Å². The van der Waals surface area contributed by atoms with Gasteiger partial charge in [-0.2, -0.15) is 13.2 Å². The third-order valence-electron chi connectivity index (χ3n) is 3.03. The first kappa shape index (κ1) is 13.8. The number of hydrogen-bond acceptors (Lipinski definition) is 2. The second kappa shape index (κ2) is 6.45. The van der Waals surface area contributed by atoms with Crippen LogP contribution in [0.1, 0.15) is 25.7 Å². The molecule has 0 amide bonds. The molecule has 1 N–H and O–H groups in total. The molecule has 1 rings (SSSR count). The van der Waals surface area contributed by atoms with Gasteiger partial charge in [-0.05, 0) is 32.4 Å². The molecule has 1 saturated carbocycles. The van der Waals surface area contributed by atoms with E-state index in [0.717, 1.165) is 12.5 Å². The highest BCUT2D eigenvalue weighted by atomic mass is 19.4. The molecule has 1 aliphatic carbocycles. The summed E-state index contributed by atoms with van der Waals surface area (Å²) >= 11 is 0. The van der Waals surface area contributed by atoms with Crippen LogP contribution in [0.2, 0.25) is 0 Å². The number of rotatable bonds is 6. The lowest BCUT2D eigenvalue weighted by atomic mass is 10.1. The Morgan fingerprint density at radius 3 is 2.44 bits per heavy atom. The van der Waals surface area contributed by atoms with Crippen LogP contribution >= 0.6 is 0 Å². The molecule has 0 aromatic rings. The number of halogens is 3. The van der Waals surface area contributed by atoms with E-state index in [2.05, 4.69) is 5.32 Å². The van der Waals surface area contributed by atoms with Crippen molar-refractivity contribution in [3.63, 3.8) is 0 Å². The summed E-state index contributed by atoms with van der Waals surface area (Å²) in [5, 5.41) is 3.23. The number of alkyl halides is 3. The minimum Gasteiger partial charge on any atom is -0.315 e.